The summed E-state index contributed by atoms with van der Waals surface area (Å²) in [5.74, 6) is 1.86. The molecule has 0 N–H and O–H groups in total. The molecule has 2 unspecified atom stereocenters. The van der Waals surface area contributed by atoms with Gasteiger partial charge in [0.05, 0.1) is 0 Å². The summed E-state index contributed by atoms with van der Waals surface area (Å²) in [5.41, 5.74) is 0.545. The lowest BCUT2D eigenvalue weighted by Gasteiger charge is -2.32. The molecular weight excluding hydrogens is 204 g/mol. The predicted molar refractivity (Wildman–Crippen MR) is 80.4 cm³/mol. The number of hydrogen-bond donors (Lipinski definition) is 0. The minimum atomic E-state index is 0.545. The van der Waals surface area contributed by atoms with Gasteiger partial charge in [-0.25, -0.2) is 0 Å². The van der Waals surface area contributed by atoms with Crippen molar-refractivity contribution in [2.24, 2.45) is 17.3 Å². The van der Waals surface area contributed by atoms with Gasteiger partial charge in [0.15, 0.2) is 0 Å². The molecule has 0 saturated carbocycles. The third-order valence-corrected chi connectivity index (χ3v) is 4.07. The van der Waals surface area contributed by atoms with E-state index in [1.54, 1.807) is 0 Å². The largest absolute Gasteiger partial charge is 0.0654 e. The molecule has 0 aliphatic heterocycles. The minimum Gasteiger partial charge on any atom is -0.0654 e. The zero-order valence-corrected chi connectivity index (χ0v) is 13.3. The Morgan fingerprint density at radius 1 is 0.882 bits per heavy atom. The molecule has 104 valence electrons. The van der Waals surface area contributed by atoms with Gasteiger partial charge in [0, 0.05) is 0 Å². The highest BCUT2D eigenvalue weighted by atomic mass is 14.3. The molecule has 0 bridgehead atoms. The molecule has 0 aromatic carbocycles. The minimum absolute atomic E-state index is 0.545. The van der Waals surface area contributed by atoms with Crippen LogP contribution in [0.1, 0.15) is 92.9 Å². The number of hydrogen-bond acceptors (Lipinski definition) is 0. The summed E-state index contributed by atoms with van der Waals surface area (Å²) < 4.78 is 0. The van der Waals surface area contributed by atoms with Crippen LogP contribution in [-0.4, -0.2) is 0 Å². The molecule has 0 aromatic rings. The van der Waals surface area contributed by atoms with Crippen molar-refractivity contribution in [1.29, 1.82) is 0 Å². The Bertz CT molecular complexity index is 169. The lowest BCUT2D eigenvalue weighted by Crippen LogP contribution is -2.20. The SMILES string of the molecule is CCCCC(CC)CC(C)(C)CC(C)CCC. The number of rotatable bonds is 10. The molecule has 2 atom stereocenters. The van der Waals surface area contributed by atoms with Gasteiger partial charge in [-0.1, -0.05) is 80.1 Å². The Kier molecular flexibility index (Phi) is 9.00. The van der Waals surface area contributed by atoms with Crippen LogP contribution in [0.15, 0.2) is 0 Å². The standard InChI is InChI=1S/C17H36/c1-7-10-12-16(9-3)14-17(5,6)13-15(4)11-8-2/h15-16H,7-14H2,1-6H3. The van der Waals surface area contributed by atoms with Crippen LogP contribution < -0.4 is 0 Å². The van der Waals surface area contributed by atoms with Gasteiger partial charge >= 0.3 is 0 Å². The molecule has 17 heavy (non-hydrogen) atoms. The Morgan fingerprint density at radius 3 is 2.00 bits per heavy atom. The zero-order valence-electron chi connectivity index (χ0n) is 13.3. The summed E-state index contributed by atoms with van der Waals surface area (Å²) in [7, 11) is 0. The predicted octanol–water partition coefficient (Wildman–Crippen LogP) is 6.45. The van der Waals surface area contributed by atoms with E-state index in [-0.39, 0.29) is 0 Å². The maximum atomic E-state index is 2.48. The normalized spacial score (nSPS) is 15.9. The van der Waals surface area contributed by atoms with E-state index in [4.69, 9.17) is 0 Å². The molecule has 0 aliphatic rings. The van der Waals surface area contributed by atoms with Gasteiger partial charge in [-0.15, -0.1) is 0 Å². The fourth-order valence-electron chi connectivity index (χ4n) is 3.35. The van der Waals surface area contributed by atoms with E-state index in [1.165, 1.54) is 51.4 Å². The molecule has 0 amide bonds. The van der Waals surface area contributed by atoms with Crippen LogP contribution in [0.4, 0.5) is 0 Å². The fourth-order valence-corrected chi connectivity index (χ4v) is 3.35. The lowest BCUT2D eigenvalue weighted by atomic mass is 9.74. The zero-order chi connectivity index (χ0) is 13.3. The molecule has 0 heterocycles. The van der Waals surface area contributed by atoms with Gasteiger partial charge in [-0.2, -0.15) is 0 Å². The smallest absolute Gasteiger partial charge is 0.0349 e. The van der Waals surface area contributed by atoms with Crippen molar-refractivity contribution in [2.75, 3.05) is 0 Å². The summed E-state index contributed by atoms with van der Waals surface area (Å²) in [6.45, 7) is 14.4. The van der Waals surface area contributed by atoms with Gasteiger partial charge in [-0.05, 0) is 30.1 Å². The molecule has 0 spiro atoms. The third-order valence-electron chi connectivity index (χ3n) is 4.07. The van der Waals surface area contributed by atoms with E-state index in [9.17, 15) is 0 Å². The van der Waals surface area contributed by atoms with Crippen LogP contribution in [0.25, 0.3) is 0 Å². The van der Waals surface area contributed by atoms with E-state index in [0.717, 1.165) is 11.8 Å². The van der Waals surface area contributed by atoms with Gasteiger partial charge < -0.3 is 0 Å². The summed E-state index contributed by atoms with van der Waals surface area (Å²) in [6, 6.07) is 0. The number of unbranched alkanes of at least 4 members (excludes halogenated alkanes) is 1. The molecular formula is C17H36. The van der Waals surface area contributed by atoms with E-state index >= 15 is 0 Å². The molecule has 0 nitrogen and oxygen atoms in total. The van der Waals surface area contributed by atoms with Gasteiger partial charge in [0.1, 0.15) is 0 Å². The molecule has 0 aliphatic carbocycles. The van der Waals surface area contributed by atoms with Gasteiger partial charge in [-0.3, -0.25) is 0 Å². The quantitative estimate of drug-likeness (QED) is 0.412. The first-order chi connectivity index (χ1) is 7.95. The van der Waals surface area contributed by atoms with Gasteiger partial charge in [0.25, 0.3) is 0 Å². The Hall–Kier alpha value is 0. The maximum Gasteiger partial charge on any atom is -0.0349 e. The first-order valence-electron chi connectivity index (χ1n) is 7.95. The topological polar surface area (TPSA) is 0 Å². The van der Waals surface area contributed by atoms with Crippen LogP contribution in [0.3, 0.4) is 0 Å². The monoisotopic (exact) mass is 240 g/mol. The summed E-state index contributed by atoms with van der Waals surface area (Å²) in [4.78, 5) is 0. The molecule has 0 radical (unpaired) electrons. The van der Waals surface area contributed by atoms with Crippen LogP contribution in [0, 0.1) is 17.3 Å². The Morgan fingerprint density at radius 2 is 1.53 bits per heavy atom. The summed E-state index contributed by atoms with van der Waals surface area (Å²) in [6.07, 6.45) is 11.1. The Balaban J connectivity index is 4.10. The summed E-state index contributed by atoms with van der Waals surface area (Å²) >= 11 is 0. The van der Waals surface area contributed by atoms with E-state index in [1.807, 2.05) is 0 Å². The second kappa shape index (κ2) is 9.00. The molecule has 0 saturated heterocycles. The second-order valence-corrected chi connectivity index (χ2v) is 6.88. The highest BCUT2D eigenvalue weighted by Gasteiger charge is 2.24. The average Bonchev–Trinajstić information content (AvgIpc) is 2.23. The van der Waals surface area contributed by atoms with Crippen LogP contribution in [0.2, 0.25) is 0 Å². The van der Waals surface area contributed by atoms with Crippen molar-refractivity contribution in [3.63, 3.8) is 0 Å². The van der Waals surface area contributed by atoms with Crippen molar-refractivity contribution < 1.29 is 0 Å². The van der Waals surface area contributed by atoms with Crippen LogP contribution >= 0.6 is 0 Å². The summed E-state index contributed by atoms with van der Waals surface area (Å²) in [5, 5.41) is 0. The fraction of sp³-hybridized carbons (Fsp3) is 1.00. The van der Waals surface area contributed by atoms with Gasteiger partial charge in [0.2, 0.25) is 0 Å². The van der Waals surface area contributed by atoms with Crippen molar-refractivity contribution in [2.45, 2.75) is 92.9 Å². The highest BCUT2D eigenvalue weighted by Crippen LogP contribution is 2.36. The first kappa shape index (κ1) is 17.0. The van der Waals surface area contributed by atoms with Crippen molar-refractivity contribution in [3.8, 4) is 0 Å². The molecule has 0 rings (SSSR count). The molecule has 0 heteroatoms. The van der Waals surface area contributed by atoms with Crippen LogP contribution in [-0.2, 0) is 0 Å². The first-order valence-corrected chi connectivity index (χ1v) is 7.95. The van der Waals surface area contributed by atoms with E-state index in [0.29, 0.717) is 5.41 Å². The van der Waals surface area contributed by atoms with Crippen LogP contribution in [0.5, 0.6) is 0 Å². The van der Waals surface area contributed by atoms with Crippen molar-refractivity contribution in [1.82, 2.24) is 0 Å². The maximum absolute atomic E-state index is 2.48. The molecule has 0 aromatic heterocycles. The van der Waals surface area contributed by atoms with Crippen molar-refractivity contribution in [3.05, 3.63) is 0 Å². The molecule has 0 fully saturated rings. The van der Waals surface area contributed by atoms with E-state index < -0.39 is 0 Å². The lowest BCUT2D eigenvalue weighted by molar-refractivity contribution is 0.198. The highest BCUT2D eigenvalue weighted by molar-refractivity contribution is 4.75. The Labute approximate surface area is 111 Å². The van der Waals surface area contributed by atoms with E-state index in [2.05, 4.69) is 41.5 Å². The van der Waals surface area contributed by atoms with Crippen molar-refractivity contribution >= 4 is 0 Å². The second-order valence-electron chi connectivity index (χ2n) is 6.88. The third kappa shape index (κ3) is 8.69. The average molecular weight is 240 g/mol.